The molecule has 0 saturated heterocycles. The standard InChI is InChI=1S/C15H13Cl2NO/c16-11-6-3-7-12(17)13(11)15(19)14-10-5-2-1-4-9(10)8-18-14/h1-7,14-15,18-19H,8H2. The predicted octanol–water partition coefficient (Wildman–Crippen LogP) is 3.87. The zero-order chi connectivity index (χ0) is 13.4. The first-order valence-corrected chi connectivity index (χ1v) is 6.87. The summed E-state index contributed by atoms with van der Waals surface area (Å²) in [5.74, 6) is 0. The molecule has 0 bridgehead atoms. The fourth-order valence-corrected chi connectivity index (χ4v) is 3.19. The highest BCUT2D eigenvalue weighted by molar-refractivity contribution is 6.36. The molecule has 0 radical (unpaired) electrons. The van der Waals surface area contributed by atoms with E-state index in [0.717, 1.165) is 12.1 Å². The molecule has 98 valence electrons. The van der Waals surface area contributed by atoms with E-state index in [1.54, 1.807) is 18.2 Å². The lowest BCUT2D eigenvalue weighted by Gasteiger charge is -2.22. The highest BCUT2D eigenvalue weighted by Crippen LogP contribution is 2.40. The third-order valence-corrected chi connectivity index (χ3v) is 4.17. The lowest BCUT2D eigenvalue weighted by Crippen LogP contribution is -2.20. The van der Waals surface area contributed by atoms with Crippen molar-refractivity contribution in [2.75, 3.05) is 0 Å². The molecule has 0 aliphatic carbocycles. The Kier molecular flexibility index (Phi) is 3.50. The van der Waals surface area contributed by atoms with Crippen molar-refractivity contribution in [3.8, 4) is 0 Å². The van der Waals surface area contributed by atoms with E-state index in [2.05, 4.69) is 11.4 Å². The number of aliphatic hydroxyl groups excluding tert-OH is 1. The molecule has 0 saturated carbocycles. The number of hydrogen-bond donors (Lipinski definition) is 2. The fourth-order valence-electron chi connectivity index (χ4n) is 2.57. The summed E-state index contributed by atoms with van der Waals surface area (Å²) in [6.07, 6.45) is -0.759. The Morgan fingerprint density at radius 1 is 1.05 bits per heavy atom. The molecular formula is C15H13Cl2NO. The van der Waals surface area contributed by atoms with Crippen LogP contribution in [0, 0.1) is 0 Å². The van der Waals surface area contributed by atoms with Crippen molar-refractivity contribution in [1.29, 1.82) is 0 Å². The SMILES string of the molecule is OC(c1c(Cl)cccc1Cl)C1NCc2ccccc21. The van der Waals surface area contributed by atoms with Gasteiger partial charge in [-0.3, -0.25) is 0 Å². The summed E-state index contributed by atoms with van der Waals surface area (Å²) >= 11 is 12.3. The molecule has 2 atom stereocenters. The molecule has 2 N–H and O–H groups in total. The molecule has 1 aliphatic rings. The van der Waals surface area contributed by atoms with Crippen LogP contribution in [0.3, 0.4) is 0 Å². The van der Waals surface area contributed by atoms with Gasteiger partial charge < -0.3 is 10.4 Å². The molecule has 1 heterocycles. The van der Waals surface area contributed by atoms with Crippen molar-refractivity contribution in [3.63, 3.8) is 0 Å². The summed E-state index contributed by atoms with van der Waals surface area (Å²) in [6, 6.07) is 13.1. The maximum absolute atomic E-state index is 10.6. The second-order valence-corrected chi connectivity index (χ2v) is 5.45. The van der Waals surface area contributed by atoms with E-state index in [4.69, 9.17) is 23.2 Å². The lowest BCUT2D eigenvalue weighted by atomic mass is 9.96. The molecule has 0 amide bonds. The summed E-state index contributed by atoms with van der Waals surface area (Å²) in [5, 5.41) is 14.9. The maximum Gasteiger partial charge on any atom is 0.101 e. The summed E-state index contributed by atoms with van der Waals surface area (Å²) in [7, 11) is 0. The summed E-state index contributed by atoms with van der Waals surface area (Å²) in [6.45, 7) is 0.750. The van der Waals surface area contributed by atoms with E-state index in [0.29, 0.717) is 15.6 Å². The van der Waals surface area contributed by atoms with E-state index < -0.39 is 6.10 Å². The van der Waals surface area contributed by atoms with Crippen molar-refractivity contribution in [2.45, 2.75) is 18.7 Å². The van der Waals surface area contributed by atoms with E-state index >= 15 is 0 Å². The van der Waals surface area contributed by atoms with Crippen molar-refractivity contribution in [3.05, 3.63) is 69.2 Å². The van der Waals surface area contributed by atoms with Crippen LogP contribution in [0.25, 0.3) is 0 Å². The summed E-state index contributed by atoms with van der Waals surface area (Å²) in [4.78, 5) is 0. The largest absolute Gasteiger partial charge is 0.386 e. The molecule has 2 unspecified atom stereocenters. The zero-order valence-electron chi connectivity index (χ0n) is 10.1. The smallest absolute Gasteiger partial charge is 0.101 e. The molecular weight excluding hydrogens is 281 g/mol. The molecule has 2 aromatic rings. The number of fused-ring (bicyclic) bond motifs is 1. The van der Waals surface area contributed by atoms with Gasteiger partial charge in [0.2, 0.25) is 0 Å². The third kappa shape index (κ3) is 2.26. The normalized spacial score (nSPS) is 19.2. The minimum atomic E-state index is -0.759. The van der Waals surface area contributed by atoms with Gasteiger partial charge in [0.25, 0.3) is 0 Å². The van der Waals surface area contributed by atoms with Crippen LogP contribution < -0.4 is 5.32 Å². The second-order valence-electron chi connectivity index (χ2n) is 4.64. The van der Waals surface area contributed by atoms with Crippen LogP contribution in [0.2, 0.25) is 10.0 Å². The first-order chi connectivity index (χ1) is 9.18. The van der Waals surface area contributed by atoms with Crippen molar-refractivity contribution < 1.29 is 5.11 Å². The van der Waals surface area contributed by atoms with Crippen LogP contribution in [0.5, 0.6) is 0 Å². The van der Waals surface area contributed by atoms with Gasteiger partial charge in [-0.2, -0.15) is 0 Å². The average Bonchev–Trinajstić information content (AvgIpc) is 2.82. The van der Waals surface area contributed by atoms with Crippen LogP contribution in [0.15, 0.2) is 42.5 Å². The van der Waals surface area contributed by atoms with E-state index in [-0.39, 0.29) is 6.04 Å². The number of aliphatic hydroxyl groups is 1. The van der Waals surface area contributed by atoms with Crippen molar-refractivity contribution in [1.82, 2.24) is 5.32 Å². The van der Waals surface area contributed by atoms with Crippen LogP contribution in [-0.4, -0.2) is 5.11 Å². The average molecular weight is 294 g/mol. The Hall–Kier alpha value is -1.06. The van der Waals surface area contributed by atoms with E-state index in [9.17, 15) is 5.11 Å². The molecule has 3 rings (SSSR count). The van der Waals surface area contributed by atoms with Gasteiger partial charge in [-0.1, -0.05) is 53.5 Å². The van der Waals surface area contributed by atoms with Gasteiger partial charge in [0.15, 0.2) is 0 Å². The quantitative estimate of drug-likeness (QED) is 0.881. The number of benzene rings is 2. The van der Waals surface area contributed by atoms with Gasteiger partial charge in [0.1, 0.15) is 6.10 Å². The molecule has 0 aromatic heterocycles. The second kappa shape index (κ2) is 5.14. The van der Waals surface area contributed by atoms with Crippen LogP contribution in [-0.2, 0) is 6.54 Å². The van der Waals surface area contributed by atoms with Gasteiger partial charge >= 0.3 is 0 Å². The van der Waals surface area contributed by atoms with Gasteiger partial charge in [0, 0.05) is 22.2 Å². The van der Waals surface area contributed by atoms with Crippen molar-refractivity contribution >= 4 is 23.2 Å². The van der Waals surface area contributed by atoms with E-state index in [1.807, 2.05) is 18.2 Å². The fraction of sp³-hybridized carbons (Fsp3) is 0.200. The number of hydrogen-bond acceptors (Lipinski definition) is 2. The highest BCUT2D eigenvalue weighted by atomic mass is 35.5. The van der Waals surface area contributed by atoms with Crippen LogP contribution >= 0.6 is 23.2 Å². The molecule has 19 heavy (non-hydrogen) atoms. The minimum Gasteiger partial charge on any atom is -0.386 e. The Balaban J connectivity index is 2.00. The van der Waals surface area contributed by atoms with Gasteiger partial charge in [-0.25, -0.2) is 0 Å². The maximum atomic E-state index is 10.6. The van der Waals surface area contributed by atoms with E-state index in [1.165, 1.54) is 5.56 Å². The lowest BCUT2D eigenvalue weighted by molar-refractivity contribution is 0.134. The Bertz CT molecular complexity index is 595. The molecule has 2 aromatic carbocycles. The van der Waals surface area contributed by atoms with Gasteiger partial charge in [0.05, 0.1) is 6.04 Å². The highest BCUT2D eigenvalue weighted by Gasteiger charge is 2.31. The zero-order valence-corrected chi connectivity index (χ0v) is 11.6. The molecule has 1 aliphatic heterocycles. The number of halogens is 2. The minimum absolute atomic E-state index is 0.173. The number of nitrogens with one attached hydrogen (secondary N) is 1. The molecule has 0 fully saturated rings. The first kappa shape index (κ1) is 12.9. The Labute approximate surface area is 122 Å². The summed E-state index contributed by atoms with van der Waals surface area (Å²) in [5.41, 5.74) is 2.89. The predicted molar refractivity (Wildman–Crippen MR) is 77.4 cm³/mol. The number of rotatable bonds is 2. The van der Waals surface area contributed by atoms with Crippen molar-refractivity contribution in [2.24, 2.45) is 0 Å². The summed E-state index contributed by atoms with van der Waals surface area (Å²) < 4.78 is 0. The Morgan fingerprint density at radius 2 is 1.74 bits per heavy atom. The van der Waals surface area contributed by atoms with Crippen LogP contribution in [0.1, 0.15) is 28.8 Å². The first-order valence-electron chi connectivity index (χ1n) is 6.11. The van der Waals surface area contributed by atoms with Crippen LogP contribution in [0.4, 0.5) is 0 Å². The molecule has 4 heteroatoms. The molecule has 2 nitrogen and oxygen atoms in total. The van der Waals surface area contributed by atoms with Gasteiger partial charge in [-0.15, -0.1) is 0 Å². The Morgan fingerprint density at radius 3 is 2.47 bits per heavy atom. The van der Waals surface area contributed by atoms with Gasteiger partial charge in [-0.05, 0) is 23.3 Å². The molecule has 0 spiro atoms. The topological polar surface area (TPSA) is 32.3 Å². The monoisotopic (exact) mass is 293 g/mol. The third-order valence-electron chi connectivity index (χ3n) is 3.51.